The Hall–Kier alpha value is -5.43. The highest BCUT2D eigenvalue weighted by Crippen LogP contribution is 2.20. The number of hydrogen-bond donors (Lipinski definition) is 4. The molecule has 0 saturated carbocycles. The first kappa shape index (κ1) is 22.4. The first-order valence-corrected chi connectivity index (χ1v) is 10.8. The van der Waals surface area contributed by atoms with Crippen LogP contribution in [0.15, 0.2) is 73.1 Å². The Labute approximate surface area is 205 Å². The predicted molar refractivity (Wildman–Crippen MR) is 134 cm³/mol. The Bertz CT molecular complexity index is 1630. The van der Waals surface area contributed by atoms with E-state index in [9.17, 15) is 9.59 Å². The fourth-order valence-corrected chi connectivity index (χ4v) is 3.46. The van der Waals surface area contributed by atoms with Gasteiger partial charge in [0.15, 0.2) is 0 Å². The summed E-state index contributed by atoms with van der Waals surface area (Å²) in [5, 5.41) is 5.36. The molecule has 10 nitrogen and oxygen atoms in total. The van der Waals surface area contributed by atoms with Gasteiger partial charge >= 0.3 is 0 Å². The molecule has 4 N–H and O–H groups in total. The van der Waals surface area contributed by atoms with Crippen LogP contribution in [0.5, 0.6) is 5.75 Å². The molecule has 0 unspecified atom stereocenters. The summed E-state index contributed by atoms with van der Waals surface area (Å²) in [5.74, 6) is 6.27. The molecule has 10 heteroatoms. The van der Waals surface area contributed by atoms with Crippen LogP contribution in [0.4, 0.5) is 11.9 Å². The number of carbonyl (C=O) groups is 2. The number of aromatic nitrogens is 5. The number of nitrogens with one attached hydrogen (secondary N) is 4. The number of anilines is 2. The van der Waals surface area contributed by atoms with Crippen molar-refractivity contribution >= 4 is 34.7 Å². The van der Waals surface area contributed by atoms with Gasteiger partial charge in [0.2, 0.25) is 11.9 Å². The van der Waals surface area contributed by atoms with E-state index in [0.29, 0.717) is 39.6 Å². The van der Waals surface area contributed by atoms with Crippen molar-refractivity contribution in [2.24, 2.45) is 0 Å². The molecule has 2 aromatic carbocycles. The van der Waals surface area contributed by atoms with E-state index in [4.69, 9.17) is 4.74 Å². The fraction of sp³-hybridized carbons (Fsp3) is 0.0385. The fourth-order valence-electron chi connectivity index (χ4n) is 3.46. The number of methoxy groups -OCH3 is 1. The second-order valence-electron chi connectivity index (χ2n) is 7.49. The number of pyridine rings is 1. The Balaban J connectivity index is 1.35. The van der Waals surface area contributed by atoms with E-state index >= 15 is 0 Å². The number of amides is 2. The average molecular weight is 477 g/mol. The van der Waals surface area contributed by atoms with Crippen molar-refractivity contribution in [3.63, 3.8) is 0 Å². The van der Waals surface area contributed by atoms with Gasteiger partial charge in [-0.05, 0) is 42.3 Å². The summed E-state index contributed by atoms with van der Waals surface area (Å²) in [4.78, 5) is 44.1. The van der Waals surface area contributed by atoms with Crippen molar-refractivity contribution in [1.82, 2.24) is 24.9 Å². The van der Waals surface area contributed by atoms with E-state index in [1.165, 1.54) is 6.20 Å². The molecule has 0 bridgehead atoms. The number of ether oxygens (including phenoxy) is 1. The van der Waals surface area contributed by atoms with Gasteiger partial charge < -0.3 is 14.7 Å². The average Bonchev–Trinajstić information content (AvgIpc) is 3.57. The minimum atomic E-state index is -0.475. The van der Waals surface area contributed by atoms with Crippen molar-refractivity contribution in [2.45, 2.75) is 0 Å². The highest BCUT2D eigenvalue weighted by Gasteiger charge is 2.16. The molecule has 5 rings (SSSR count). The molecular formula is C26H19N7O3. The highest BCUT2D eigenvalue weighted by molar-refractivity contribution is 6.11. The first-order chi connectivity index (χ1) is 17.6. The Kier molecular flexibility index (Phi) is 6.10. The molecule has 176 valence electrons. The van der Waals surface area contributed by atoms with E-state index in [1.807, 2.05) is 24.3 Å². The lowest BCUT2D eigenvalue weighted by atomic mass is 10.2. The van der Waals surface area contributed by atoms with Crippen molar-refractivity contribution in [3.05, 3.63) is 95.6 Å². The van der Waals surface area contributed by atoms with Crippen molar-refractivity contribution in [2.75, 3.05) is 17.7 Å². The lowest BCUT2D eigenvalue weighted by molar-refractivity contribution is 0.101. The zero-order valence-corrected chi connectivity index (χ0v) is 19.0. The molecule has 0 saturated heterocycles. The van der Waals surface area contributed by atoms with Gasteiger partial charge in [-0.1, -0.05) is 30.2 Å². The summed E-state index contributed by atoms with van der Waals surface area (Å²) >= 11 is 0. The van der Waals surface area contributed by atoms with Gasteiger partial charge in [-0.3, -0.25) is 20.2 Å². The second-order valence-corrected chi connectivity index (χ2v) is 7.49. The van der Waals surface area contributed by atoms with Gasteiger partial charge in [0, 0.05) is 12.4 Å². The second kappa shape index (κ2) is 9.82. The number of rotatable bonds is 5. The lowest BCUT2D eigenvalue weighted by Crippen LogP contribution is -2.15. The van der Waals surface area contributed by atoms with Gasteiger partial charge in [0.25, 0.3) is 11.8 Å². The number of benzene rings is 2. The maximum atomic E-state index is 12.9. The third kappa shape index (κ3) is 4.76. The third-order valence-corrected chi connectivity index (χ3v) is 5.13. The molecule has 0 aliphatic heterocycles. The zero-order valence-electron chi connectivity index (χ0n) is 19.0. The number of fused-ring (bicyclic) bond motifs is 1. The summed E-state index contributed by atoms with van der Waals surface area (Å²) in [7, 11) is 1.58. The van der Waals surface area contributed by atoms with E-state index in [2.05, 4.69) is 47.4 Å². The minimum absolute atomic E-state index is 0.165. The third-order valence-electron chi connectivity index (χ3n) is 5.13. The number of H-pyrrole nitrogens is 2. The van der Waals surface area contributed by atoms with Crippen LogP contribution in [0.2, 0.25) is 0 Å². The van der Waals surface area contributed by atoms with E-state index in [-0.39, 0.29) is 17.5 Å². The van der Waals surface area contributed by atoms with Crippen LogP contribution in [-0.2, 0) is 0 Å². The number of imidazole rings is 2. The van der Waals surface area contributed by atoms with Crippen LogP contribution < -0.4 is 15.4 Å². The number of para-hydroxylation sites is 2. The van der Waals surface area contributed by atoms with E-state index in [0.717, 1.165) is 0 Å². The van der Waals surface area contributed by atoms with Crippen LogP contribution in [0.3, 0.4) is 0 Å². The van der Waals surface area contributed by atoms with Gasteiger partial charge in [-0.15, -0.1) is 0 Å². The molecular weight excluding hydrogens is 458 g/mol. The quantitative estimate of drug-likeness (QED) is 0.286. The molecule has 2 amide bonds. The number of carbonyl (C=O) groups excluding carboxylic acids is 2. The predicted octanol–water partition coefficient (Wildman–Crippen LogP) is 3.59. The summed E-state index contributed by atoms with van der Waals surface area (Å²) in [5.41, 5.74) is 2.62. The van der Waals surface area contributed by atoms with Crippen LogP contribution in [-0.4, -0.2) is 43.8 Å². The van der Waals surface area contributed by atoms with Crippen LogP contribution in [0.25, 0.3) is 11.0 Å². The molecule has 5 aromatic rings. The van der Waals surface area contributed by atoms with Gasteiger partial charge in [0.05, 0.1) is 23.8 Å². The van der Waals surface area contributed by atoms with Gasteiger partial charge in [0.1, 0.15) is 22.7 Å². The molecule has 0 aliphatic rings. The normalized spacial score (nSPS) is 10.4. The van der Waals surface area contributed by atoms with Crippen LogP contribution in [0.1, 0.15) is 32.1 Å². The summed E-state index contributed by atoms with van der Waals surface area (Å²) in [6, 6.07) is 17.5. The molecule has 36 heavy (non-hydrogen) atoms. The number of nitrogens with zero attached hydrogens (tertiary/aromatic N) is 3. The van der Waals surface area contributed by atoms with Crippen LogP contribution in [0, 0.1) is 11.8 Å². The molecule has 0 aliphatic carbocycles. The van der Waals surface area contributed by atoms with Gasteiger partial charge in [-0.2, -0.15) is 0 Å². The molecule has 0 radical (unpaired) electrons. The first-order valence-electron chi connectivity index (χ1n) is 10.8. The molecule has 0 atom stereocenters. The molecule has 0 fully saturated rings. The standard InChI is InChI=1S/C26H19N7O3/c1-36-21-11-3-2-6-16(21)12-13-17-7-4-10-20(29-17)24(35)33-26-30-19-9-5-8-18(22(19)31-26)23(34)32-25-27-14-15-28-25/h2-11,14-15H,1H3,(H2,27,28,32,34)(H2,30,31,33,35). The van der Waals surface area contributed by atoms with Crippen molar-refractivity contribution in [1.29, 1.82) is 0 Å². The molecule has 0 spiro atoms. The van der Waals surface area contributed by atoms with Crippen molar-refractivity contribution in [3.8, 4) is 17.6 Å². The summed E-state index contributed by atoms with van der Waals surface area (Å²) in [6.45, 7) is 0. The smallest absolute Gasteiger partial charge is 0.276 e. The van der Waals surface area contributed by atoms with E-state index < -0.39 is 5.91 Å². The highest BCUT2D eigenvalue weighted by atomic mass is 16.5. The maximum absolute atomic E-state index is 12.9. The van der Waals surface area contributed by atoms with Crippen LogP contribution >= 0.6 is 0 Å². The van der Waals surface area contributed by atoms with Gasteiger partial charge in [-0.25, -0.2) is 15.0 Å². The Morgan fingerprint density at radius 3 is 2.56 bits per heavy atom. The summed E-state index contributed by atoms with van der Waals surface area (Å²) in [6.07, 6.45) is 3.14. The zero-order chi connectivity index (χ0) is 24.9. The minimum Gasteiger partial charge on any atom is -0.495 e. The SMILES string of the molecule is COc1ccccc1C#Cc1cccc(C(=O)Nc2nc3c(C(=O)Nc4ncc[nH]4)cccc3[nH]2)n1. The van der Waals surface area contributed by atoms with E-state index in [1.54, 1.807) is 49.7 Å². The Morgan fingerprint density at radius 2 is 1.72 bits per heavy atom. The number of aromatic amines is 2. The molecule has 3 aromatic heterocycles. The summed E-state index contributed by atoms with van der Waals surface area (Å²) < 4.78 is 5.31. The number of hydrogen-bond acceptors (Lipinski definition) is 6. The largest absolute Gasteiger partial charge is 0.495 e. The topological polar surface area (TPSA) is 138 Å². The maximum Gasteiger partial charge on any atom is 0.276 e. The Morgan fingerprint density at radius 1 is 0.889 bits per heavy atom. The lowest BCUT2D eigenvalue weighted by Gasteiger charge is -2.02. The monoisotopic (exact) mass is 477 g/mol. The molecule has 3 heterocycles. The van der Waals surface area contributed by atoms with Crippen molar-refractivity contribution < 1.29 is 14.3 Å².